The van der Waals surface area contributed by atoms with Crippen LogP contribution in [0.15, 0.2) is 36.5 Å². The summed E-state index contributed by atoms with van der Waals surface area (Å²) in [6.07, 6.45) is 2.89. The second-order valence-corrected chi connectivity index (χ2v) is 7.13. The molecule has 1 aliphatic heterocycles. The highest BCUT2D eigenvalue weighted by Crippen LogP contribution is 2.35. The van der Waals surface area contributed by atoms with E-state index in [-0.39, 0.29) is 0 Å². The zero-order chi connectivity index (χ0) is 19.5. The number of aromatic nitrogens is 3. The normalized spacial score (nSPS) is 17.3. The number of benzene rings is 1. The van der Waals surface area contributed by atoms with Crippen LogP contribution in [0.4, 0.5) is 0 Å². The molecule has 1 fully saturated rings. The van der Waals surface area contributed by atoms with Crippen molar-refractivity contribution < 1.29 is 9.47 Å². The molecule has 0 saturated carbocycles. The molecule has 3 aromatic rings. The lowest BCUT2D eigenvalue weighted by atomic mass is 10.0. The van der Waals surface area contributed by atoms with Crippen molar-refractivity contribution in [3.05, 3.63) is 47.8 Å². The number of methoxy groups -OCH3 is 2. The molecule has 3 heterocycles. The van der Waals surface area contributed by atoms with Crippen molar-refractivity contribution in [2.45, 2.75) is 25.4 Å². The Morgan fingerprint density at radius 3 is 2.64 bits per heavy atom. The van der Waals surface area contributed by atoms with Crippen molar-refractivity contribution in [1.82, 2.24) is 19.7 Å². The monoisotopic (exact) mass is 381 g/mol. The number of nitrogens with zero attached hydrogens (tertiary/aromatic N) is 4. The summed E-state index contributed by atoms with van der Waals surface area (Å²) in [5.41, 5.74) is 8.90. The first kappa shape index (κ1) is 18.7. The third-order valence-corrected chi connectivity index (χ3v) is 5.45. The number of hydrogen-bond donors (Lipinski definition) is 1. The Balaban J connectivity index is 1.57. The molecule has 7 heteroatoms. The molecule has 2 aromatic heterocycles. The Kier molecular flexibility index (Phi) is 5.45. The van der Waals surface area contributed by atoms with Gasteiger partial charge >= 0.3 is 0 Å². The number of fused-ring (bicyclic) bond motifs is 1. The van der Waals surface area contributed by atoms with Crippen LogP contribution in [-0.4, -0.2) is 53.5 Å². The second-order valence-electron chi connectivity index (χ2n) is 7.13. The summed E-state index contributed by atoms with van der Waals surface area (Å²) < 4.78 is 13.1. The van der Waals surface area contributed by atoms with Crippen molar-refractivity contribution in [3.8, 4) is 11.5 Å². The molecule has 2 N–H and O–H groups in total. The van der Waals surface area contributed by atoms with E-state index in [1.54, 1.807) is 14.2 Å². The summed E-state index contributed by atoms with van der Waals surface area (Å²) >= 11 is 0. The molecule has 0 aliphatic carbocycles. The van der Waals surface area contributed by atoms with Gasteiger partial charge in [0.1, 0.15) is 11.5 Å². The van der Waals surface area contributed by atoms with Crippen molar-refractivity contribution in [2.75, 3.05) is 33.9 Å². The number of hydrogen-bond acceptors (Lipinski definition) is 6. The fourth-order valence-corrected chi connectivity index (χ4v) is 4.12. The molecule has 1 unspecified atom stereocenters. The van der Waals surface area contributed by atoms with Gasteiger partial charge in [0.15, 0.2) is 5.65 Å². The molecular formula is C21H27N5O2. The molecule has 1 saturated heterocycles. The molecule has 7 nitrogen and oxygen atoms in total. The summed E-state index contributed by atoms with van der Waals surface area (Å²) in [4.78, 5) is 6.96. The zero-order valence-electron chi connectivity index (χ0n) is 16.5. The van der Waals surface area contributed by atoms with Gasteiger partial charge in [0.25, 0.3) is 0 Å². The molecule has 148 valence electrons. The summed E-state index contributed by atoms with van der Waals surface area (Å²) in [6.45, 7) is 3.99. The lowest BCUT2D eigenvalue weighted by molar-refractivity contribution is 0.305. The van der Waals surface area contributed by atoms with Gasteiger partial charge in [0, 0.05) is 37.1 Å². The fraction of sp³-hybridized carbons (Fsp3) is 0.429. The lowest BCUT2D eigenvalue weighted by Crippen LogP contribution is -2.21. The second kappa shape index (κ2) is 8.16. The van der Waals surface area contributed by atoms with Crippen molar-refractivity contribution in [1.29, 1.82) is 0 Å². The number of ether oxygens (including phenoxy) is 2. The summed E-state index contributed by atoms with van der Waals surface area (Å²) in [5.74, 6) is 2.11. The van der Waals surface area contributed by atoms with E-state index in [0.717, 1.165) is 59.8 Å². The van der Waals surface area contributed by atoms with E-state index in [1.165, 1.54) is 0 Å². The number of likely N-dealkylation sites (tertiary alicyclic amines) is 1. The van der Waals surface area contributed by atoms with Gasteiger partial charge in [-0.05, 0) is 37.2 Å². The van der Waals surface area contributed by atoms with Gasteiger partial charge < -0.3 is 15.2 Å². The average Bonchev–Trinajstić information content (AvgIpc) is 3.33. The maximum Gasteiger partial charge on any atom is 0.158 e. The smallest absolute Gasteiger partial charge is 0.158 e. The van der Waals surface area contributed by atoms with E-state index in [1.807, 2.05) is 35.1 Å². The first-order valence-corrected chi connectivity index (χ1v) is 9.69. The van der Waals surface area contributed by atoms with Gasteiger partial charge in [-0.25, -0.2) is 9.67 Å². The Hall–Kier alpha value is -2.64. The minimum Gasteiger partial charge on any atom is -0.496 e. The van der Waals surface area contributed by atoms with Crippen LogP contribution in [-0.2, 0) is 13.1 Å². The van der Waals surface area contributed by atoms with E-state index >= 15 is 0 Å². The molecule has 0 spiro atoms. The first-order valence-electron chi connectivity index (χ1n) is 9.69. The average molecular weight is 381 g/mol. The number of nitrogens with two attached hydrogens (primary N) is 1. The third kappa shape index (κ3) is 3.43. The Morgan fingerprint density at radius 1 is 1.14 bits per heavy atom. The van der Waals surface area contributed by atoms with E-state index in [4.69, 9.17) is 20.3 Å². The van der Waals surface area contributed by atoms with Crippen LogP contribution in [0.25, 0.3) is 11.0 Å². The van der Waals surface area contributed by atoms with Crippen LogP contribution in [0, 0.1) is 0 Å². The highest BCUT2D eigenvalue weighted by atomic mass is 16.5. The van der Waals surface area contributed by atoms with Gasteiger partial charge in [-0.2, -0.15) is 5.10 Å². The Bertz CT molecular complexity index is 933. The minimum absolute atomic E-state index is 0.381. The topological polar surface area (TPSA) is 78.4 Å². The van der Waals surface area contributed by atoms with Gasteiger partial charge in [0.2, 0.25) is 0 Å². The third-order valence-electron chi connectivity index (χ3n) is 5.45. The maximum absolute atomic E-state index is 5.76. The van der Waals surface area contributed by atoms with Crippen molar-refractivity contribution in [2.24, 2.45) is 5.73 Å². The molecular weight excluding hydrogens is 354 g/mol. The van der Waals surface area contributed by atoms with Crippen LogP contribution < -0.4 is 15.2 Å². The van der Waals surface area contributed by atoms with Crippen molar-refractivity contribution in [3.63, 3.8) is 0 Å². The SMILES string of the molecule is COc1cccc(OC)c1CN1CCC(c2nn(CCN)c3ncccc23)C1. The zero-order valence-corrected chi connectivity index (χ0v) is 16.5. The highest BCUT2D eigenvalue weighted by molar-refractivity contribution is 5.78. The standard InChI is InChI=1S/C21H27N5O2/c1-27-18-6-3-7-19(28-2)17(18)14-25-11-8-15(13-25)20-16-5-4-10-23-21(16)26(24-20)12-9-22/h3-7,10,15H,8-9,11-14,22H2,1-2H3. The molecule has 1 aromatic carbocycles. The molecule has 1 aliphatic rings. The summed E-state index contributed by atoms with van der Waals surface area (Å²) in [6, 6.07) is 10.0. The first-order chi connectivity index (χ1) is 13.7. The van der Waals surface area contributed by atoms with Gasteiger partial charge in [-0.3, -0.25) is 4.90 Å². The molecule has 0 bridgehead atoms. The van der Waals surface area contributed by atoms with Gasteiger partial charge in [-0.1, -0.05) is 6.07 Å². The van der Waals surface area contributed by atoms with Crippen LogP contribution in [0.3, 0.4) is 0 Å². The Labute approximate surface area is 165 Å². The maximum atomic E-state index is 5.76. The quantitative estimate of drug-likeness (QED) is 0.677. The fourth-order valence-electron chi connectivity index (χ4n) is 4.12. The van der Waals surface area contributed by atoms with Crippen LogP contribution >= 0.6 is 0 Å². The minimum atomic E-state index is 0.381. The highest BCUT2D eigenvalue weighted by Gasteiger charge is 2.29. The van der Waals surface area contributed by atoms with Crippen LogP contribution in [0.1, 0.15) is 23.6 Å². The number of pyridine rings is 1. The van der Waals surface area contributed by atoms with E-state index < -0.39 is 0 Å². The molecule has 1 atom stereocenters. The van der Waals surface area contributed by atoms with E-state index in [2.05, 4.69) is 16.0 Å². The van der Waals surface area contributed by atoms with E-state index in [0.29, 0.717) is 19.0 Å². The van der Waals surface area contributed by atoms with Crippen LogP contribution in [0.5, 0.6) is 11.5 Å². The van der Waals surface area contributed by atoms with E-state index in [9.17, 15) is 0 Å². The molecule has 0 amide bonds. The van der Waals surface area contributed by atoms with Crippen LogP contribution in [0.2, 0.25) is 0 Å². The Morgan fingerprint density at radius 2 is 1.93 bits per heavy atom. The predicted octanol–water partition coefficient (Wildman–Crippen LogP) is 2.40. The van der Waals surface area contributed by atoms with Crippen molar-refractivity contribution >= 4 is 11.0 Å². The van der Waals surface area contributed by atoms with Gasteiger partial charge in [0.05, 0.1) is 32.0 Å². The summed E-state index contributed by atoms with van der Waals surface area (Å²) in [7, 11) is 3.41. The number of rotatable bonds is 7. The molecule has 4 rings (SSSR count). The molecule has 0 radical (unpaired) electrons. The molecule has 28 heavy (non-hydrogen) atoms. The largest absolute Gasteiger partial charge is 0.496 e. The summed E-state index contributed by atoms with van der Waals surface area (Å²) in [5, 5.41) is 6.00. The predicted molar refractivity (Wildman–Crippen MR) is 109 cm³/mol. The van der Waals surface area contributed by atoms with Gasteiger partial charge in [-0.15, -0.1) is 0 Å². The lowest BCUT2D eigenvalue weighted by Gasteiger charge is -2.19.